The van der Waals surface area contributed by atoms with Crippen LogP contribution in [0.25, 0.3) is 0 Å². The third-order valence-corrected chi connectivity index (χ3v) is 3.04. The molecule has 0 aromatic carbocycles. The van der Waals surface area contributed by atoms with Gasteiger partial charge in [-0.3, -0.25) is 9.17 Å². The van der Waals surface area contributed by atoms with Gasteiger partial charge in [-0.1, -0.05) is 6.07 Å². The van der Waals surface area contributed by atoms with Gasteiger partial charge < -0.3 is 0 Å². The zero-order chi connectivity index (χ0) is 13.8. The number of halogens is 3. The van der Waals surface area contributed by atoms with Crippen molar-refractivity contribution in [3.8, 4) is 0 Å². The monoisotopic (exact) mass is 297 g/mol. The lowest BCUT2D eigenvalue weighted by Crippen LogP contribution is -2.13. The summed E-state index contributed by atoms with van der Waals surface area (Å²) < 4.78 is 41.9. The zero-order valence-corrected chi connectivity index (χ0v) is 11.7. The third kappa shape index (κ3) is 4.59. The standard InChI is InChI=1S/C11H14ClF2NO2S/c1-11(13,14)10-4-3-8(7-12)9(15-10)5-6-17-18(2)16/h3-4H,5-7H2,1-2H3. The molecule has 0 saturated carbocycles. The maximum atomic E-state index is 13.1. The summed E-state index contributed by atoms with van der Waals surface area (Å²) in [5.74, 6) is -2.80. The highest BCUT2D eigenvalue weighted by Gasteiger charge is 2.26. The third-order valence-electron chi connectivity index (χ3n) is 2.25. The van der Waals surface area contributed by atoms with Crippen molar-refractivity contribution in [1.82, 2.24) is 4.98 Å². The summed E-state index contributed by atoms with van der Waals surface area (Å²) in [6.45, 7) is 0.940. The summed E-state index contributed by atoms with van der Waals surface area (Å²) in [6, 6.07) is 2.80. The number of pyridine rings is 1. The average molecular weight is 298 g/mol. The minimum atomic E-state index is -2.99. The minimum absolute atomic E-state index is 0.152. The Morgan fingerprint density at radius 2 is 2.17 bits per heavy atom. The van der Waals surface area contributed by atoms with Crippen LogP contribution in [-0.2, 0) is 33.5 Å². The fourth-order valence-corrected chi connectivity index (χ4v) is 1.93. The maximum Gasteiger partial charge on any atom is 0.286 e. The molecular weight excluding hydrogens is 284 g/mol. The molecule has 0 N–H and O–H groups in total. The molecule has 3 nitrogen and oxygen atoms in total. The van der Waals surface area contributed by atoms with Crippen LogP contribution in [0.15, 0.2) is 12.1 Å². The van der Waals surface area contributed by atoms with Crippen molar-refractivity contribution in [2.24, 2.45) is 0 Å². The van der Waals surface area contributed by atoms with E-state index >= 15 is 0 Å². The fraction of sp³-hybridized carbons (Fsp3) is 0.545. The molecule has 18 heavy (non-hydrogen) atoms. The molecule has 0 saturated heterocycles. The molecule has 1 atom stereocenters. The summed E-state index contributed by atoms with van der Waals surface area (Å²) in [5, 5.41) is 0. The van der Waals surface area contributed by atoms with Crippen LogP contribution in [0.3, 0.4) is 0 Å². The van der Waals surface area contributed by atoms with Gasteiger partial charge in [0.1, 0.15) is 5.69 Å². The highest BCUT2D eigenvalue weighted by atomic mass is 35.5. The highest BCUT2D eigenvalue weighted by Crippen LogP contribution is 2.26. The van der Waals surface area contributed by atoms with E-state index in [0.717, 1.165) is 6.92 Å². The normalized spacial score (nSPS) is 13.6. The van der Waals surface area contributed by atoms with Crippen LogP contribution in [0.2, 0.25) is 0 Å². The largest absolute Gasteiger partial charge is 0.290 e. The summed E-state index contributed by atoms with van der Waals surface area (Å²) in [6.07, 6.45) is 1.69. The first-order valence-electron chi connectivity index (χ1n) is 5.24. The van der Waals surface area contributed by atoms with Gasteiger partial charge in [-0.2, -0.15) is 8.78 Å². The SMILES string of the molecule is CS(=O)OCCc1nc(C(C)(F)F)ccc1CCl. The Labute approximate surface area is 112 Å². The van der Waals surface area contributed by atoms with Gasteiger partial charge in [-0.25, -0.2) is 4.21 Å². The Kier molecular flexibility index (Phi) is 5.62. The second-order valence-corrected chi connectivity index (χ2v) is 5.10. The Bertz CT molecular complexity index is 438. The van der Waals surface area contributed by atoms with Crippen molar-refractivity contribution in [1.29, 1.82) is 0 Å². The zero-order valence-electron chi connectivity index (χ0n) is 10.1. The van der Waals surface area contributed by atoms with Crippen LogP contribution in [0.5, 0.6) is 0 Å². The van der Waals surface area contributed by atoms with Crippen LogP contribution >= 0.6 is 11.6 Å². The molecule has 102 valence electrons. The first-order valence-corrected chi connectivity index (χ1v) is 7.26. The number of alkyl halides is 3. The van der Waals surface area contributed by atoms with Gasteiger partial charge in [-0.05, 0) is 11.6 Å². The molecule has 0 spiro atoms. The second-order valence-electron chi connectivity index (χ2n) is 3.80. The smallest absolute Gasteiger partial charge is 0.286 e. The Balaban J connectivity index is 2.89. The van der Waals surface area contributed by atoms with Crippen molar-refractivity contribution in [3.05, 3.63) is 29.1 Å². The number of rotatable bonds is 6. The van der Waals surface area contributed by atoms with E-state index in [9.17, 15) is 13.0 Å². The molecular formula is C11H14ClF2NO2S. The van der Waals surface area contributed by atoms with Gasteiger partial charge in [0.2, 0.25) is 0 Å². The Morgan fingerprint density at radius 1 is 1.50 bits per heavy atom. The molecule has 0 bridgehead atoms. The van der Waals surface area contributed by atoms with Gasteiger partial charge in [-0.15, -0.1) is 11.6 Å². The summed E-state index contributed by atoms with van der Waals surface area (Å²) in [5.41, 5.74) is 0.827. The fourth-order valence-electron chi connectivity index (χ4n) is 1.37. The molecule has 0 fully saturated rings. The lowest BCUT2D eigenvalue weighted by molar-refractivity contribution is 0.0125. The van der Waals surface area contributed by atoms with E-state index in [0.29, 0.717) is 17.7 Å². The molecule has 1 aromatic heterocycles. The lowest BCUT2D eigenvalue weighted by atomic mass is 10.1. The topological polar surface area (TPSA) is 39.2 Å². The van der Waals surface area contributed by atoms with Gasteiger partial charge >= 0.3 is 0 Å². The predicted molar refractivity (Wildman–Crippen MR) is 67.1 cm³/mol. The van der Waals surface area contributed by atoms with Gasteiger partial charge in [0.15, 0.2) is 11.1 Å². The first-order chi connectivity index (χ1) is 8.34. The molecule has 7 heteroatoms. The molecule has 0 aliphatic rings. The van der Waals surface area contributed by atoms with E-state index in [1.165, 1.54) is 18.4 Å². The summed E-state index contributed by atoms with van der Waals surface area (Å²) in [7, 11) is 0. The summed E-state index contributed by atoms with van der Waals surface area (Å²) in [4.78, 5) is 3.90. The predicted octanol–water partition coefficient (Wildman–Crippen LogP) is 2.78. The van der Waals surface area contributed by atoms with Crippen LogP contribution in [0.1, 0.15) is 23.9 Å². The number of hydrogen-bond acceptors (Lipinski definition) is 3. The lowest BCUT2D eigenvalue weighted by Gasteiger charge is -2.13. The average Bonchev–Trinajstić information content (AvgIpc) is 2.27. The summed E-state index contributed by atoms with van der Waals surface area (Å²) >= 11 is 4.33. The van der Waals surface area contributed by atoms with Crippen molar-refractivity contribution in [2.45, 2.75) is 25.1 Å². The Hall–Kier alpha value is -0.590. The molecule has 0 aliphatic heterocycles. The van der Waals surface area contributed by atoms with Crippen molar-refractivity contribution < 1.29 is 17.2 Å². The molecule has 1 aromatic rings. The van der Waals surface area contributed by atoms with Crippen LogP contribution in [0, 0.1) is 0 Å². The van der Waals surface area contributed by atoms with E-state index in [2.05, 4.69) is 4.98 Å². The molecule has 1 unspecified atom stereocenters. The van der Waals surface area contributed by atoms with Crippen molar-refractivity contribution in [3.63, 3.8) is 0 Å². The van der Waals surface area contributed by atoms with E-state index in [1.54, 1.807) is 0 Å². The van der Waals surface area contributed by atoms with E-state index < -0.39 is 17.0 Å². The van der Waals surface area contributed by atoms with Crippen molar-refractivity contribution >= 4 is 22.7 Å². The van der Waals surface area contributed by atoms with Crippen LogP contribution < -0.4 is 0 Å². The van der Waals surface area contributed by atoms with Gasteiger partial charge in [0.25, 0.3) is 5.92 Å². The molecule has 1 heterocycles. The second kappa shape index (κ2) is 6.54. The van der Waals surface area contributed by atoms with Crippen molar-refractivity contribution in [2.75, 3.05) is 12.9 Å². The molecule has 0 aliphatic carbocycles. The van der Waals surface area contributed by atoms with Crippen LogP contribution in [-0.4, -0.2) is 22.1 Å². The maximum absolute atomic E-state index is 13.1. The van der Waals surface area contributed by atoms with E-state index in [4.69, 9.17) is 15.8 Å². The first kappa shape index (κ1) is 15.5. The minimum Gasteiger partial charge on any atom is -0.290 e. The van der Waals surface area contributed by atoms with E-state index in [1.807, 2.05) is 0 Å². The number of nitrogens with zero attached hydrogens (tertiary/aromatic N) is 1. The van der Waals surface area contributed by atoms with Crippen LogP contribution in [0.4, 0.5) is 8.78 Å². The van der Waals surface area contributed by atoms with Gasteiger partial charge in [0.05, 0.1) is 6.61 Å². The molecule has 1 rings (SSSR count). The molecule has 0 radical (unpaired) electrons. The number of aromatic nitrogens is 1. The molecule has 0 amide bonds. The number of hydrogen-bond donors (Lipinski definition) is 0. The highest BCUT2D eigenvalue weighted by molar-refractivity contribution is 7.79. The van der Waals surface area contributed by atoms with E-state index in [-0.39, 0.29) is 18.2 Å². The van der Waals surface area contributed by atoms with Gasteiger partial charge in [0, 0.05) is 31.2 Å². The Morgan fingerprint density at radius 3 is 2.67 bits per heavy atom. The quantitative estimate of drug-likeness (QED) is 0.758.